The fourth-order valence-electron chi connectivity index (χ4n) is 1.93. The molecule has 1 amide bonds. The molecule has 2 aromatic rings. The maximum absolute atomic E-state index is 12.3. The lowest BCUT2D eigenvalue weighted by molar-refractivity contribution is -0.385. The molecule has 7 heteroatoms. The molecular formula is C14H14N4O3. The minimum atomic E-state index is -0.469. The van der Waals surface area contributed by atoms with Crippen molar-refractivity contribution in [3.8, 4) is 0 Å². The average Bonchev–Trinajstić information content (AvgIpc) is 2.47. The SMILES string of the molecule is CN(Cc1ccccc1[N+](=O)[O-])C(=O)c1ncccc1N. The van der Waals surface area contributed by atoms with E-state index in [-0.39, 0.29) is 29.5 Å². The second-order valence-electron chi connectivity index (χ2n) is 4.49. The predicted octanol–water partition coefficient (Wildman–Crippen LogP) is 1.84. The van der Waals surface area contributed by atoms with Crippen LogP contribution in [0.2, 0.25) is 0 Å². The summed E-state index contributed by atoms with van der Waals surface area (Å²) in [4.78, 5) is 28.1. The van der Waals surface area contributed by atoms with E-state index in [2.05, 4.69) is 4.98 Å². The number of para-hydroxylation sites is 1. The number of benzene rings is 1. The Kier molecular flexibility index (Phi) is 4.13. The van der Waals surface area contributed by atoms with Crippen molar-refractivity contribution in [2.75, 3.05) is 12.8 Å². The lowest BCUT2D eigenvalue weighted by Crippen LogP contribution is -2.28. The van der Waals surface area contributed by atoms with E-state index in [0.29, 0.717) is 5.56 Å². The number of carbonyl (C=O) groups is 1. The molecule has 0 fully saturated rings. The summed E-state index contributed by atoms with van der Waals surface area (Å²) in [7, 11) is 1.55. The molecule has 1 aromatic heterocycles. The van der Waals surface area contributed by atoms with Crippen LogP contribution in [0.25, 0.3) is 0 Å². The Morgan fingerprint density at radius 2 is 2.05 bits per heavy atom. The first kappa shape index (κ1) is 14.4. The number of nitrogens with two attached hydrogens (primary N) is 1. The number of nitrogen functional groups attached to an aromatic ring is 1. The second-order valence-corrected chi connectivity index (χ2v) is 4.49. The second kappa shape index (κ2) is 6.00. The van der Waals surface area contributed by atoms with Gasteiger partial charge in [-0.1, -0.05) is 18.2 Å². The summed E-state index contributed by atoms with van der Waals surface area (Å²) in [5.41, 5.74) is 6.55. The summed E-state index contributed by atoms with van der Waals surface area (Å²) < 4.78 is 0. The lowest BCUT2D eigenvalue weighted by atomic mass is 10.1. The molecule has 108 valence electrons. The minimum absolute atomic E-state index is 0.0221. The Labute approximate surface area is 121 Å². The van der Waals surface area contributed by atoms with E-state index >= 15 is 0 Å². The Morgan fingerprint density at radius 1 is 1.33 bits per heavy atom. The van der Waals surface area contributed by atoms with Crippen LogP contribution >= 0.6 is 0 Å². The number of amides is 1. The number of hydrogen-bond acceptors (Lipinski definition) is 5. The van der Waals surface area contributed by atoms with Gasteiger partial charge in [-0.2, -0.15) is 0 Å². The van der Waals surface area contributed by atoms with Crippen LogP contribution in [0.5, 0.6) is 0 Å². The predicted molar refractivity (Wildman–Crippen MR) is 77.5 cm³/mol. The maximum Gasteiger partial charge on any atom is 0.274 e. The zero-order valence-corrected chi connectivity index (χ0v) is 11.4. The van der Waals surface area contributed by atoms with E-state index in [9.17, 15) is 14.9 Å². The number of anilines is 1. The number of nitro benzene ring substituents is 1. The summed E-state index contributed by atoms with van der Waals surface area (Å²) in [6.07, 6.45) is 1.47. The molecule has 0 spiro atoms. The molecule has 0 atom stereocenters. The van der Waals surface area contributed by atoms with Crippen LogP contribution in [0.15, 0.2) is 42.6 Å². The van der Waals surface area contributed by atoms with Gasteiger partial charge in [0.2, 0.25) is 0 Å². The molecule has 0 aliphatic rings. The molecule has 0 unspecified atom stereocenters. The van der Waals surface area contributed by atoms with Gasteiger partial charge in [0.25, 0.3) is 11.6 Å². The molecule has 0 radical (unpaired) electrons. The Balaban J connectivity index is 2.23. The molecule has 0 aliphatic heterocycles. The van der Waals surface area contributed by atoms with Crippen LogP contribution in [0.1, 0.15) is 16.1 Å². The maximum atomic E-state index is 12.3. The molecule has 0 saturated heterocycles. The Morgan fingerprint density at radius 3 is 2.71 bits per heavy atom. The van der Waals surface area contributed by atoms with E-state index < -0.39 is 4.92 Å². The molecule has 2 rings (SSSR count). The van der Waals surface area contributed by atoms with Crippen LogP contribution in [-0.4, -0.2) is 27.8 Å². The molecule has 7 nitrogen and oxygen atoms in total. The van der Waals surface area contributed by atoms with Crippen molar-refractivity contribution in [3.63, 3.8) is 0 Å². The quantitative estimate of drug-likeness (QED) is 0.682. The topological polar surface area (TPSA) is 102 Å². The first-order valence-corrected chi connectivity index (χ1v) is 6.19. The van der Waals surface area contributed by atoms with Crippen molar-refractivity contribution in [1.82, 2.24) is 9.88 Å². The lowest BCUT2D eigenvalue weighted by Gasteiger charge is -2.17. The van der Waals surface area contributed by atoms with Gasteiger partial charge in [0, 0.05) is 24.9 Å². The first-order valence-electron chi connectivity index (χ1n) is 6.19. The van der Waals surface area contributed by atoms with Gasteiger partial charge in [0.05, 0.1) is 17.2 Å². The van der Waals surface area contributed by atoms with E-state index in [1.807, 2.05) is 0 Å². The Hall–Kier alpha value is -2.96. The van der Waals surface area contributed by atoms with Gasteiger partial charge in [-0.05, 0) is 12.1 Å². The molecule has 2 N–H and O–H groups in total. The number of nitrogens with zero attached hydrogens (tertiary/aromatic N) is 3. The molecule has 21 heavy (non-hydrogen) atoms. The zero-order chi connectivity index (χ0) is 15.4. The molecular weight excluding hydrogens is 272 g/mol. The van der Waals surface area contributed by atoms with Gasteiger partial charge in [-0.15, -0.1) is 0 Å². The number of hydrogen-bond donors (Lipinski definition) is 1. The monoisotopic (exact) mass is 286 g/mol. The van der Waals surface area contributed by atoms with Crippen molar-refractivity contribution in [2.24, 2.45) is 0 Å². The third-order valence-corrected chi connectivity index (χ3v) is 2.98. The van der Waals surface area contributed by atoms with E-state index in [4.69, 9.17) is 5.73 Å². The number of pyridine rings is 1. The number of nitro groups is 1. The zero-order valence-electron chi connectivity index (χ0n) is 11.4. The number of rotatable bonds is 4. The van der Waals surface area contributed by atoms with Gasteiger partial charge in [-0.25, -0.2) is 4.98 Å². The number of carbonyl (C=O) groups excluding carboxylic acids is 1. The van der Waals surface area contributed by atoms with E-state index in [1.54, 1.807) is 37.4 Å². The fraction of sp³-hybridized carbons (Fsp3) is 0.143. The van der Waals surface area contributed by atoms with Crippen LogP contribution < -0.4 is 5.73 Å². The van der Waals surface area contributed by atoms with Crippen molar-refractivity contribution in [3.05, 3.63) is 64.0 Å². The first-order chi connectivity index (χ1) is 10.0. The third-order valence-electron chi connectivity index (χ3n) is 2.98. The van der Waals surface area contributed by atoms with E-state index in [0.717, 1.165) is 0 Å². The number of aromatic nitrogens is 1. The highest BCUT2D eigenvalue weighted by molar-refractivity contribution is 5.96. The van der Waals surface area contributed by atoms with Crippen molar-refractivity contribution >= 4 is 17.3 Å². The summed E-state index contributed by atoms with van der Waals surface area (Å²) >= 11 is 0. The summed E-state index contributed by atoms with van der Waals surface area (Å²) in [5, 5.41) is 11.0. The van der Waals surface area contributed by atoms with Gasteiger partial charge in [-0.3, -0.25) is 14.9 Å². The van der Waals surface area contributed by atoms with Crippen molar-refractivity contribution in [1.29, 1.82) is 0 Å². The average molecular weight is 286 g/mol. The van der Waals surface area contributed by atoms with Gasteiger partial charge in [0.1, 0.15) is 0 Å². The fourth-order valence-corrected chi connectivity index (χ4v) is 1.93. The van der Waals surface area contributed by atoms with Crippen molar-refractivity contribution < 1.29 is 9.72 Å². The van der Waals surface area contributed by atoms with E-state index in [1.165, 1.54) is 17.2 Å². The highest BCUT2D eigenvalue weighted by atomic mass is 16.6. The molecule has 1 heterocycles. The molecule has 0 saturated carbocycles. The normalized spacial score (nSPS) is 10.1. The van der Waals surface area contributed by atoms with Crippen LogP contribution in [0, 0.1) is 10.1 Å². The van der Waals surface area contributed by atoms with Crippen LogP contribution in [0.4, 0.5) is 11.4 Å². The van der Waals surface area contributed by atoms with Crippen molar-refractivity contribution in [2.45, 2.75) is 6.54 Å². The van der Waals surface area contributed by atoms with Crippen LogP contribution in [0.3, 0.4) is 0 Å². The van der Waals surface area contributed by atoms with Gasteiger partial charge in [0.15, 0.2) is 5.69 Å². The Bertz CT molecular complexity index is 687. The third kappa shape index (κ3) is 3.14. The molecule has 1 aromatic carbocycles. The highest BCUT2D eigenvalue weighted by Crippen LogP contribution is 2.20. The molecule has 0 bridgehead atoms. The van der Waals surface area contributed by atoms with Gasteiger partial charge >= 0.3 is 0 Å². The standard InChI is InChI=1S/C14H14N4O3/c1-17(14(19)13-11(15)6-4-8-16-13)9-10-5-2-3-7-12(10)18(20)21/h2-8H,9,15H2,1H3. The minimum Gasteiger partial charge on any atom is -0.397 e. The summed E-state index contributed by atoms with van der Waals surface area (Å²) in [6, 6.07) is 9.51. The smallest absolute Gasteiger partial charge is 0.274 e. The highest BCUT2D eigenvalue weighted by Gasteiger charge is 2.19. The molecule has 0 aliphatic carbocycles. The summed E-state index contributed by atoms with van der Waals surface area (Å²) in [6.45, 7) is 0.103. The largest absolute Gasteiger partial charge is 0.397 e. The van der Waals surface area contributed by atoms with Gasteiger partial charge < -0.3 is 10.6 Å². The summed E-state index contributed by atoms with van der Waals surface area (Å²) in [5.74, 6) is -0.383. The van der Waals surface area contributed by atoms with Crippen LogP contribution in [-0.2, 0) is 6.54 Å².